The molecule has 0 aliphatic rings. The quantitative estimate of drug-likeness (QED) is 0.841. The molecule has 2 rings (SSSR count). The van der Waals surface area contributed by atoms with Crippen molar-refractivity contribution in [1.82, 2.24) is 9.97 Å². The molecular formula is C14H16N4OS. The summed E-state index contributed by atoms with van der Waals surface area (Å²) in [4.78, 5) is 10.7. The standard InChI is InChI=1S/C14H16N4OS/c1-3-18(12-6-10(19)5-4-9(12)2)13-8-16-11(7-17-13)14(15)20/h4-8,19H,3H2,1-2H3,(H2,15,20). The summed E-state index contributed by atoms with van der Waals surface area (Å²) in [5.41, 5.74) is 7.94. The number of thiocarbonyl (C=S) groups is 1. The molecule has 5 nitrogen and oxygen atoms in total. The van der Waals surface area contributed by atoms with Gasteiger partial charge in [-0.2, -0.15) is 0 Å². The van der Waals surface area contributed by atoms with Crippen LogP contribution in [0.15, 0.2) is 30.6 Å². The van der Waals surface area contributed by atoms with E-state index >= 15 is 0 Å². The second-order valence-corrected chi connectivity index (χ2v) is 4.78. The molecule has 1 heterocycles. The zero-order chi connectivity index (χ0) is 14.7. The van der Waals surface area contributed by atoms with E-state index in [-0.39, 0.29) is 10.7 Å². The topological polar surface area (TPSA) is 75.3 Å². The van der Waals surface area contributed by atoms with E-state index in [2.05, 4.69) is 9.97 Å². The number of nitrogens with zero attached hydrogens (tertiary/aromatic N) is 3. The van der Waals surface area contributed by atoms with Gasteiger partial charge < -0.3 is 15.7 Å². The van der Waals surface area contributed by atoms with Gasteiger partial charge >= 0.3 is 0 Å². The summed E-state index contributed by atoms with van der Waals surface area (Å²) in [6, 6.07) is 5.24. The van der Waals surface area contributed by atoms with E-state index in [1.807, 2.05) is 24.8 Å². The molecule has 20 heavy (non-hydrogen) atoms. The lowest BCUT2D eigenvalue weighted by Crippen LogP contribution is -2.20. The smallest absolute Gasteiger partial charge is 0.151 e. The zero-order valence-electron chi connectivity index (χ0n) is 11.4. The van der Waals surface area contributed by atoms with Crippen LogP contribution in [0.5, 0.6) is 5.75 Å². The Morgan fingerprint density at radius 2 is 2.10 bits per heavy atom. The molecule has 0 radical (unpaired) electrons. The summed E-state index contributed by atoms with van der Waals surface area (Å²) >= 11 is 4.86. The summed E-state index contributed by atoms with van der Waals surface area (Å²) in [5.74, 6) is 0.901. The van der Waals surface area contributed by atoms with Crippen molar-refractivity contribution in [2.75, 3.05) is 11.4 Å². The zero-order valence-corrected chi connectivity index (χ0v) is 12.2. The molecule has 0 unspecified atom stereocenters. The first-order chi connectivity index (χ1) is 9.52. The van der Waals surface area contributed by atoms with E-state index in [9.17, 15) is 5.11 Å². The molecule has 3 N–H and O–H groups in total. The number of hydrogen-bond acceptors (Lipinski definition) is 5. The van der Waals surface area contributed by atoms with E-state index in [1.54, 1.807) is 24.5 Å². The molecule has 0 atom stereocenters. The van der Waals surface area contributed by atoms with Crippen molar-refractivity contribution in [2.45, 2.75) is 13.8 Å². The Labute approximate surface area is 123 Å². The second-order valence-electron chi connectivity index (χ2n) is 4.34. The molecule has 0 amide bonds. The van der Waals surface area contributed by atoms with Crippen LogP contribution >= 0.6 is 12.2 Å². The third-order valence-corrected chi connectivity index (χ3v) is 3.18. The number of aromatic hydroxyl groups is 1. The SMILES string of the molecule is CCN(c1cnc(C(N)=S)cn1)c1cc(O)ccc1C. The lowest BCUT2D eigenvalue weighted by Gasteiger charge is -2.23. The fourth-order valence-corrected chi connectivity index (χ4v) is 2.04. The van der Waals surface area contributed by atoms with Crippen molar-refractivity contribution in [3.63, 3.8) is 0 Å². The largest absolute Gasteiger partial charge is 0.508 e. The molecule has 0 aliphatic carbocycles. The summed E-state index contributed by atoms with van der Waals surface area (Å²) in [6.07, 6.45) is 3.18. The van der Waals surface area contributed by atoms with E-state index in [0.29, 0.717) is 18.1 Å². The number of aromatic nitrogens is 2. The lowest BCUT2D eigenvalue weighted by molar-refractivity contribution is 0.475. The highest BCUT2D eigenvalue weighted by Crippen LogP contribution is 2.29. The minimum Gasteiger partial charge on any atom is -0.508 e. The van der Waals surface area contributed by atoms with Crippen LogP contribution in [0, 0.1) is 6.92 Å². The van der Waals surface area contributed by atoms with Crippen LogP contribution in [0.1, 0.15) is 18.2 Å². The van der Waals surface area contributed by atoms with Crippen LogP contribution in [-0.2, 0) is 0 Å². The molecule has 1 aromatic heterocycles. The molecule has 0 spiro atoms. The van der Waals surface area contributed by atoms with E-state index in [4.69, 9.17) is 18.0 Å². The fourth-order valence-electron chi connectivity index (χ4n) is 1.93. The highest BCUT2D eigenvalue weighted by atomic mass is 32.1. The maximum Gasteiger partial charge on any atom is 0.151 e. The van der Waals surface area contributed by atoms with Gasteiger partial charge in [0, 0.05) is 18.3 Å². The summed E-state index contributed by atoms with van der Waals surface area (Å²) in [7, 11) is 0. The van der Waals surface area contributed by atoms with Crippen molar-refractivity contribution in [3.8, 4) is 5.75 Å². The Morgan fingerprint density at radius 1 is 1.35 bits per heavy atom. The van der Waals surface area contributed by atoms with Crippen LogP contribution < -0.4 is 10.6 Å². The Morgan fingerprint density at radius 3 is 2.65 bits per heavy atom. The number of rotatable bonds is 4. The maximum absolute atomic E-state index is 9.65. The summed E-state index contributed by atoms with van der Waals surface area (Å²) in [5, 5.41) is 9.65. The Balaban J connectivity index is 2.41. The molecule has 0 bridgehead atoms. The molecular weight excluding hydrogens is 272 g/mol. The van der Waals surface area contributed by atoms with E-state index in [0.717, 1.165) is 11.3 Å². The van der Waals surface area contributed by atoms with Crippen LogP contribution in [-0.4, -0.2) is 26.6 Å². The molecule has 0 aliphatic heterocycles. The highest BCUT2D eigenvalue weighted by molar-refractivity contribution is 7.80. The number of anilines is 2. The third-order valence-electron chi connectivity index (χ3n) is 2.97. The average Bonchev–Trinajstić information content (AvgIpc) is 2.44. The number of nitrogens with two attached hydrogens (primary N) is 1. The number of aryl methyl sites for hydroxylation is 1. The van der Waals surface area contributed by atoms with Gasteiger partial charge in [-0.25, -0.2) is 9.97 Å². The van der Waals surface area contributed by atoms with Gasteiger partial charge in [0.15, 0.2) is 5.82 Å². The first-order valence-corrected chi connectivity index (χ1v) is 6.62. The maximum atomic E-state index is 9.65. The van der Waals surface area contributed by atoms with Crippen LogP contribution in [0.3, 0.4) is 0 Å². The summed E-state index contributed by atoms with van der Waals surface area (Å²) in [6.45, 7) is 4.69. The van der Waals surface area contributed by atoms with Gasteiger partial charge in [0.25, 0.3) is 0 Å². The van der Waals surface area contributed by atoms with Crippen molar-refractivity contribution in [3.05, 3.63) is 41.9 Å². The normalized spacial score (nSPS) is 10.3. The van der Waals surface area contributed by atoms with Gasteiger partial charge in [0.1, 0.15) is 16.4 Å². The van der Waals surface area contributed by atoms with Gasteiger partial charge in [-0.05, 0) is 25.5 Å². The number of benzene rings is 1. The molecule has 2 aromatic rings. The molecule has 0 saturated carbocycles. The third kappa shape index (κ3) is 2.85. The molecule has 104 valence electrons. The minimum absolute atomic E-state index is 0.219. The van der Waals surface area contributed by atoms with Crippen molar-refractivity contribution >= 4 is 28.7 Å². The molecule has 0 fully saturated rings. The fraction of sp³-hybridized carbons (Fsp3) is 0.214. The van der Waals surface area contributed by atoms with Gasteiger partial charge in [-0.1, -0.05) is 18.3 Å². The molecule has 0 saturated heterocycles. The summed E-state index contributed by atoms with van der Waals surface area (Å²) < 4.78 is 0. The van der Waals surface area contributed by atoms with E-state index in [1.165, 1.54) is 0 Å². The number of hydrogen-bond donors (Lipinski definition) is 2. The van der Waals surface area contributed by atoms with Crippen LogP contribution in [0.2, 0.25) is 0 Å². The number of phenolic OH excluding ortho intramolecular Hbond substituents is 1. The Bertz CT molecular complexity index is 628. The van der Waals surface area contributed by atoms with Crippen LogP contribution in [0.25, 0.3) is 0 Å². The average molecular weight is 288 g/mol. The van der Waals surface area contributed by atoms with Gasteiger partial charge in [0.2, 0.25) is 0 Å². The lowest BCUT2D eigenvalue weighted by atomic mass is 10.1. The van der Waals surface area contributed by atoms with E-state index < -0.39 is 0 Å². The first kappa shape index (κ1) is 14.2. The van der Waals surface area contributed by atoms with Crippen molar-refractivity contribution in [1.29, 1.82) is 0 Å². The van der Waals surface area contributed by atoms with Crippen molar-refractivity contribution in [2.24, 2.45) is 5.73 Å². The predicted molar refractivity (Wildman–Crippen MR) is 83.4 cm³/mol. The Hall–Kier alpha value is -2.21. The number of phenols is 1. The van der Waals surface area contributed by atoms with Gasteiger partial charge in [-0.3, -0.25) is 0 Å². The van der Waals surface area contributed by atoms with Gasteiger partial charge in [-0.15, -0.1) is 0 Å². The first-order valence-electron chi connectivity index (χ1n) is 6.22. The van der Waals surface area contributed by atoms with Gasteiger partial charge in [0.05, 0.1) is 12.4 Å². The monoisotopic (exact) mass is 288 g/mol. The Kier molecular flexibility index (Phi) is 4.14. The minimum atomic E-state index is 0.219. The van der Waals surface area contributed by atoms with Crippen molar-refractivity contribution < 1.29 is 5.11 Å². The molecule has 1 aromatic carbocycles. The second kappa shape index (κ2) is 5.83. The van der Waals surface area contributed by atoms with Crippen LogP contribution in [0.4, 0.5) is 11.5 Å². The highest BCUT2D eigenvalue weighted by Gasteiger charge is 2.12. The molecule has 6 heteroatoms. The predicted octanol–water partition coefficient (Wildman–Crippen LogP) is 2.28.